The van der Waals surface area contributed by atoms with Gasteiger partial charge in [0, 0.05) is 48.0 Å². The molecule has 43 heavy (non-hydrogen) atoms. The van der Waals surface area contributed by atoms with Crippen LogP contribution in [-0.4, -0.2) is 38.4 Å². The Labute approximate surface area is 254 Å². The molecule has 0 radical (unpaired) electrons. The molecular formula is C36H40N6O. The van der Waals surface area contributed by atoms with Crippen LogP contribution in [0.25, 0.3) is 28.1 Å². The molecule has 5 aromatic rings. The minimum atomic E-state index is -0.0264. The van der Waals surface area contributed by atoms with Gasteiger partial charge in [-0.05, 0) is 81.0 Å². The van der Waals surface area contributed by atoms with Crippen LogP contribution in [-0.2, 0) is 5.41 Å². The highest BCUT2D eigenvalue weighted by molar-refractivity contribution is 5.93. The second-order valence-electron chi connectivity index (χ2n) is 12.8. The van der Waals surface area contributed by atoms with Gasteiger partial charge in [0.15, 0.2) is 5.82 Å². The fourth-order valence-electron chi connectivity index (χ4n) is 5.96. The van der Waals surface area contributed by atoms with Crippen molar-refractivity contribution in [1.82, 2.24) is 24.6 Å². The van der Waals surface area contributed by atoms with Gasteiger partial charge in [-0.1, -0.05) is 44.5 Å². The first-order valence-corrected chi connectivity index (χ1v) is 14.8. The predicted molar refractivity (Wildman–Crippen MR) is 175 cm³/mol. The minimum absolute atomic E-state index is 0.0264. The molecule has 0 aliphatic carbocycles. The van der Waals surface area contributed by atoms with E-state index in [1.54, 1.807) is 6.20 Å². The molecule has 0 bridgehead atoms. The van der Waals surface area contributed by atoms with Crippen LogP contribution in [0.4, 0.5) is 5.69 Å². The Morgan fingerprint density at radius 1 is 0.814 bits per heavy atom. The summed E-state index contributed by atoms with van der Waals surface area (Å²) in [6.07, 6.45) is 3.65. The number of allylic oxidation sites excluding steroid dienone is 2. The predicted octanol–water partition coefficient (Wildman–Crippen LogP) is 8.46. The first-order valence-electron chi connectivity index (χ1n) is 14.8. The van der Waals surface area contributed by atoms with E-state index in [1.165, 1.54) is 33.6 Å². The first-order chi connectivity index (χ1) is 20.4. The zero-order chi connectivity index (χ0) is 30.6. The molecule has 4 heterocycles. The van der Waals surface area contributed by atoms with Crippen molar-refractivity contribution in [3.63, 3.8) is 0 Å². The van der Waals surface area contributed by atoms with Gasteiger partial charge in [-0.25, -0.2) is 14.6 Å². The van der Waals surface area contributed by atoms with Crippen molar-refractivity contribution in [2.75, 3.05) is 18.6 Å². The first kappa shape index (κ1) is 28.5. The number of hydrogen-bond donors (Lipinski definition) is 0. The highest BCUT2D eigenvalue weighted by atomic mass is 16.5. The number of aromatic nitrogens is 4. The smallest absolute Gasteiger partial charge is 0.154 e. The molecule has 2 aromatic carbocycles. The molecule has 0 fully saturated rings. The Kier molecular flexibility index (Phi) is 6.99. The number of rotatable bonds is 5. The Bertz CT molecular complexity index is 1870. The lowest BCUT2D eigenvalue weighted by atomic mass is 9.88. The van der Waals surface area contributed by atoms with Crippen molar-refractivity contribution in [3.05, 3.63) is 101 Å². The molecule has 1 aliphatic heterocycles. The summed E-state index contributed by atoms with van der Waals surface area (Å²) in [7, 11) is 2.11. The summed E-state index contributed by atoms with van der Waals surface area (Å²) in [5.74, 6) is 2.15. The molecule has 0 spiro atoms. The van der Waals surface area contributed by atoms with Crippen molar-refractivity contribution < 1.29 is 4.74 Å². The van der Waals surface area contributed by atoms with Crippen LogP contribution in [0.2, 0.25) is 0 Å². The number of anilines is 1. The van der Waals surface area contributed by atoms with Crippen LogP contribution in [0.3, 0.4) is 0 Å². The number of fused-ring (bicyclic) bond motifs is 1. The second-order valence-corrected chi connectivity index (χ2v) is 12.8. The molecular weight excluding hydrogens is 532 g/mol. The quantitative estimate of drug-likeness (QED) is 0.211. The third-order valence-electron chi connectivity index (χ3n) is 8.46. The molecule has 0 unspecified atom stereocenters. The highest BCUT2D eigenvalue weighted by Crippen LogP contribution is 2.37. The average Bonchev–Trinajstić information content (AvgIpc) is 3.44. The molecule has 0 amide bonds. The normalized spacial score (nSPS) is 13.9. The third kappa shape index (κ3) is 5.24. The molecule has 7 heteroatoms. The summed E-state index contributed by atoms with van der Waals surface area (Å²) in [5.41, 5.74) is 11.9. The van der Waals surface area contributed by atoms with Gasteiger partial charge in [-0.2, -0.15) is 5.10 Å². The Morgan fingerprint density at radius 2 is 1.56 bits per heavy atom. The van der Waals surface area contributed by atoms with E-state index in [1.807, 2.05) is 29.1 Å². The number of aryl methyl sites for hydroxylation is 3. The van der Waals surface area contributed by atoms with Crippen LogP contribution in [0.15, 0.2) is 78.4 Å². The van der Waals surface area contributed by atoms with Crippen LogP contribution >= 0.6 is 0 Å². The van der Waals surface area contributed by atoms with E-state index >= 15 is 0 Å². The summed E-state index contributed by atoms with van der Waals surface area (Å²) in [4.78, 5) is 14.2. The van der Waals surface area contributed by atoms with E-state index < -0.39 is 0 Å². The van der Waals surface area contributed by atoms with E-state index in [2.05, 4.69) is 109 Å². The highest BCUT2D eigenvalue weighted by Gasteiger charge is 2.23. The monoisotopic (exact) mass is 572 g/mol. The van der Waals surface area contributed by atoms with Gasteiger partial charge in [-0.15, -0.1) is 0 Å². The van der Waals surface area contributed by atoms with Gasteiger partial charge in [-0.3, -0.25) is 0 Å². The summed E-state index contributed by atoms with van der Waals surface area (Å²) >= 11 is 0. The van der Waals surface area contributed by atoms with Crippen molar-refractivity contribution in [3.8, 4) is 28.6 Å². The van der Waals surface area contributed by atoms with Crippen LogP contribution in [0, 0.1) is 20.8 Å². The lowest BCUT2D eigenvalue weighted by molar-refractivity contribution is 0.459. The number of benzene rings is 2. The standard InChI is InChI=1S/C36H40N6O/c1-22-15-23(2)33(24(3)16-22)35-34-31(42(39-35)32-17-27(13-14-37-32)36(6,7)8)19-30(20-38-34)43-29-12-10-11-28(18-29)41-21-40(9)25(4)26(41)5/h10-20H,21H2,1-9H3. The van der Waals surface area contributed by atoms with Crippen LogP contribution < -0.4 is 9.64 Å². The lowest BCUT2D eigenvalue weighted by Gasteiger charge is -2.21. The van der Waals surface area contributed by atoms with E-state index in [0.717, 1.165) is 46.2 Å². The summed E-state index contributed by atoms with van der Waals surface area (Å²) in [6.45, 7) is 18.1. The fourth-order valence-corrected chi connectivity index (χ4v) is 5.96. The lowest BCUT2D eigenvalue weighted by Crippen LogP contribution is -2.24. The van der Waals surface area contributed by atoms with Gasteiger partial charge in [0.1, 0.15) is 22.7 Å². The maximum atomic E-state index is 6.44. The van der Waals surface area contributed by atoms with E-state index in [9.17, 15) is 0 Å². The van der Waals surface area contributed by atoms with E-state index in [0.29, 0.717) is 5.75 Å². The Balaban J connectivity index is 1.46. The van der Waals surface area contributed by atoms with Gasteiger partial charge < -0.3 is 14.5 Å². The number of hydrogen-bond acceptors (Lipinski definition) is 6. The number of ether oxygens (including phenoxy) is 1. The van der Waals surface area contributed by atoms with E-state index in [-0.39, 0.29) is 5.41 Å². The molecule has 0 atom stereocenters. The maximum absolute atomic E-state index is 6.44. The SMILES string of the molecule is CC1=C(C)N(c2cccc(Oc3cnc4c(-c5c(C)cc(C)cc5C)nn(-c5cc(C(C)(C)C)ccn5)c4c3)c2)CN1C. The van der Waals surface area contributed by atoms with Gasteiger partial charge in [0.05, 0.1) is 18.4 Å². The van der Waals surface area contributed by atoms with Crippen LogP contribution in [0.5, 0.6) is 11.5 Å². The second kappa shape index (κ2) is 10.6. The van der Waals surface area contributed by atoms with Crippen molar-refractivity contribution in [2.45, 2.75) is 60.8 Å². The Hall–Kier alpha value is -4.65. The molecule has 220 valence electrons. The largest absolute Gasteiger partial charge is 0.456 e. The fraction of sp³-hybridized carbons (Fsp3) is 0.306. The van der Waals surface area contributed by atoms with Gasteiger partial charge in [0.25, 0.3) is 0 Å². The maximum Gasteiger partial charge on any atom is 0.154 e. The summed E-state index contributed by atoms with van der Waals surface area (Å²) in [6, 6.07) is 18.8. The van der Waals surface area contributed by atoms with Crippen molar-refractivity contribution in [1.29, 1.82) is 0 Å². The van der Waals surface area contributed by atoms with E-state index in [4.69, 9.17) is 19.8 Å². The topological polar surface area (TPSA) is 59.3 Å². The molecule has 7 nitrogen and oxygen atoms in total. The van der Waals surface area contributed by atoms with Gasteiger partial charge in [0.2, 0.25) is 0 Å². The molecule has 0 saturated carbocycles. The zero-order valence-electron chi connectivity index (χ0n) is 26.6. The molecule has 6 rings (SSSR count). The van der Waals surface area contributed by atoms with Gasteiger partial charge >= 0.3 is 0 Å². The number of nitrogens with zero attached hydrogens (tertiary/aromatic N) is 6. The van der Waals surface area contributed by atoms with Crippen LogP contribution in [0.1, 0.15) is 56.9 Å². The molecule has 1 aliphatic rings. The third-order valence-corrected chi connectivity index (χ3v) is 8.46. The molecule has 0 saturated heterocycles. The molecule has 3 aromatic heterocycles. The average molecular weight is 573 g/mol. The Morgan fingerprint density at radius 3 is 2.23 bits per heavy atom. The zero-order valence-corrected chi connectivity index (χ0v) is 26.6. The minimum Gasteiger partial charge on any atom is -0.456 e. The molecule has 0 N–H and O–H groups in total. The van der Waals surface area contributed by atoms with Crippen molar-refractivity contribution in [2.24, 2.45) is 0 Å². The summed E-state index contributed by atoms with van der Waals surface area (Å²) in [5, 5.41) is 5.16. The number of pyridine rings is 2. The summed E-state index contributed by atoms with van der Waals surface area (Å²) < 4.78 is 8.35. The van der Waals surface area contributed by atoms with Crippen molar-refractivity contribution >= 4 is 16.7 Å².